The van der Waals surface area contributed by atoms with Crippen LogP contribution in [-0.2, 0) is 6.61 Å². The van der Waals surface area contributed by atoms with Crippen LogP contribution in [0.4, 0.5) is 0 Å². The van der Waals surface area contributed by atoms with Crippen LogP contribution in [-0.4, -0.2) is 15.4 Å². The van der Waals surface area contributed by atoms with E-state index in [1.807, 2.05) is 31.2 Å². The van der Waals surface area contributed by atoms with Gasteiger partial charge in [0.2, 0.25) is 0 Å². The number of carboxylic acids is 1. The molecule has 0 atom stereocenters. The molecule has 1 heterocycles. The van der Waals surface area contributed by atoms with E-state index < -0.39 is 5.97 Å². The fraction of sp³-hybridized carbons (Fsp3) is 0.167. The van der Waals surface area contributed by atoms with Crippen LogP contribution in [0.3, 0.4) is 0 Å². The molecule has 0 unspecified atom stereocenters. The number of rotatable bonds is 4. The first-order valence-corrected chi connectivity index (χ1v) is 5.81. The summed E-state index contributed by atoms with van der Waals surface area (Å²) in [7, 11) is 0. The van der Waals surface area contributed by atoms with Crippen molar-refractivity contribution in [3.8, 4) is 5.75 Å². The third-order valence-electron chi connectivity index (χ3n) is 2.15. The minimum absolute atomic E-state index is 0.0674. The van der Waals surface area contributed by atoms with E-state index in [-0.39, 0.29) is 5.69 Å². The number of carboxylic acid groups (broad SMARTS) is 1. The molecule has 1 aromatic heterocycles. The van der Waals surface area contributed by atoms with Gasteiger partial charge < -0.3 is 9.84 Å². The molecule has 0 radical (unpaired) electrons. The molecule has 1 aromatic carbocycles. The topological polar surface area (TPSA) is 59.4 Å². The minimum Gasteiger partial charge on any atom is -0.488 e. The fourth-order valence-electron chi connectivity index (χ4n) is 1.34. The first-order valence-electron chi connectivity index (χ1n) is 5.03. The van der Waals surface area contributed by atoms with Crippen molar-refractivity contribution in [1.82, 2.24) is 4.37 Å². The van der Waals surface area contributed by atoms with E-state index in [0.717, 1.165) is 27.7 Å². The Hall–Kier alpha value is -1.88. The highest BCUT2D eigenvalue weighted by Gasteiger charge is 2.08. The van der Waals surface area contributed by atoms with E-state index in [2.05, 4.69) is 4.37 Å². The van der Waals surface area contributed by atoms with Gasteiger partial charge in [-0.1, -0.05) is 12.1 Å². The SMILES string of the molecule is Cc1cccc(OCc2cc(C(=O)O)ns2)c1. The van der Waals surface area contributed by atoms with E-state index in [9.17, 15) is 4.79 Å². The van der Waals surface area contributed by atoms with Crippen LogP contribution < -0.4 is 4.74 Å². The molecule has 0 fully saturated rings. The van der Waals surface area contributed by atoms with E-state index in [0.29, 0.717) is 6.61 Å². The molecule has 0 bridgehead atoms. The van der Waals surface area contributed by atoms with Gasteiger partial charge in [0, 0.05) is 0 Å². The Morgan fingerprint density at radius 2 is 2.29 bits per heavy atom. The summed E-state index contributed by atoms with van der Waals surface area (Å²) < 4.78 is 9.35. The predicted molar refractivity (Wildman–Crippen MR) is 64.6 cm³/mol. The van der Waals surface area contributed by atoms with E-state index in [1.165, 1.54) is 6.07 Å². The molecule has 0 spiro atoms. The number of nitrogens with zero attached hydrogens (tertiary/aromatic N) is 1. The van der Waals surface area contributed by atoms with Gasteiger partial charge in [0.25, 0.3) is 0 Å². The van der Waals surface area contributed by atoms with Crippen molar-refractivity contribution >= 4 is 17.5 Å². The lowest BCUT2D eigenvalue weighted by atomic mass is 10.2. The lowest BCUT2D eigenvalue weighted by Crippen LogP contribution is -1.96. The number of aromatic carboxylic acids is 1. The molecule has 0 aliphatic heterocycles. The Morgan fingerprint density at radius 3 is 2.94 bits per heavy atom. The number of aryl methyl sites for hydroxylation is 1. The van der Waals surface area contributed by atoms with E-state index >= 15 is 0 Å². The molecule has 0 saturated heterocycles. The monoisotopic (exact) mass is 249 g/mol. The molecular formula is C12H11NO3S. The van der Waals surface area contributed by atoms with Gasteiger partial charge in [0.1, 0.15) is 12.4 Å². The van der Waals surface area contributed by atoms with E-state index in [1.54, 1.807) is 0 Å². The van der Waals surface area contributed by atoms with Crippen LogP contribution in [0.2, 0.25) is 0 Å². The van der Waals surface area contributed by atoms with Crippen LogP contribution in [0.1, 0.15) is 20.9 Å². The summed E-state index contributed by atoms with van der Waals surface area (Å²) in [6, 6.07) is 9.23. The second-order valence-electron chi connectivity index (χ2n) is 3.59. The number of ether oxygens (including phenoxy) is 1. The number of carbonyl (C=O) groups is 1. The van der Waals surface area contributed by atoms with Gasteiger partial charge in [-0.3, -0.25) is 0 Å². The summed E-state index contributed by atoms with van der Waals surface area (Å²) in [5.74, 6) is -0.238. The average Bonchev–Trinajstić information content (AvgIpc) is 2.75. The van der Waals surface area contributed by atoms with Crippen molar-refractivity contribution < 1.29 is 14.6 Å². The Bertz CT molecular complexity index is 536. The van der Waals surface area contributed by atoms with Crippen LogP contribution in [0.25, 0.3) is 0 Å². The molecule has 88 valence electrons. The van der Waals surface area contributed by atoms with Gasteiger partial charge in [0.15, 0.2) is 5.69 Å². The summed E-state index contributed by atoms with van der Waals surface area (Å²) in [6.45, 7) is 2.33. The third kappa shape index (κ3) is 3.04. The summed E-state index contributed by atoms with van der Waals surface area (Å²) >= 11 is 1.15. The third-order valence-corrected chi connectivity index (χ3v) is 2.91. The van der Waals surface area contributed by atoms with Crippen molar-refractivity contribution in [2.24, 2.45) is 0 Å². The van der Waals surface area contributed by atoms with Gasteiger partial charge >= 0.3 is 5.97 Å². The summed E-state index contributed by atoms with van der Waals surface area (Å²) in [5, 5.41) is 8.72. The summed E-state index contributed by atoms with van der Waals surface area (Å²) in [6.07, 6.45) is 0. The molecule has 5 heteroatoms. The maximum Gasteiger partial charge on any atom is 0.355 e. The van der Waals surface area contributed by atoms with E-state index in [4.69, 9.17) is 9.84 Å². The van der Waals surface area contributed by atoms with Gasteiger partial charge in [-0.15, -0.1) is 0 Å². The Kier molecular flexibility index (Phi) is 3.39. The summed E-state index contributed by atoms with van der Waals surface area (Å²) in [4.78, 5) is 11.4. The quantitative estimate of drug-likeness (QED) is 0.905. The highest BCUT2D eigenvalue weighted by atomic mass is 32.1. The number of hydrogen-bond donors (Lipinski definition) is 1. The van der Waals surface area contributed by atoms with Crippen LogP contribution in [0.5, 0.6) is 5.75 Å². The molecule has 4 nitrogen and oxygen atoms in total. The van der Waals surface area contributed by atoms with Gasteiger partial charge in [-0.25, -0.2) is 4.79 Å². The zero-order valence-corrected chi connectivity index (χ0v) is 10.0. The Labute approximate surface area is 103 Å². The Balaban J connectivity index is 2.00. The minimum atomic E-state index is -1.01. The van der Waals surface area contributed by atoms with Gasteiger partial charge in [-0.2, -0.15) is 4.37 Å². The fourth-order valence-corrected chi connectivity index (χ4v) is 1.96. The van der Waals surface area contributed by atoms with Crippen LogP contribution >= 0.6 is 11.5 Å². The maximum atomic E-state index is 10.6. The zero-order valence-electron chi connectivity index (χ0n) is 9.21. The molecular weight excluding hydrogens is 238 g/mol. The van der Waals surface area contributed by atoms with Gasteiger partial charge in [-0.05, 0) is 42.2 Å². The van der Waals surface area contributed by atoms with Crippen molar-refractivity contribution in [3.05, 3.63) is 46.5 Å². The normalized spacial score (nSPS) is 10.2. The molecule has 1 N–H and O–H groups in total. The Morgan fingerprint density at radius 1 is 1.47 bits per heavy atom. The number of benzene rings is 1. The maximum absolute atomic E-state index is 10.6. The van der Waals surface area contributed by atoms with Crippen molar-refractivity contribution in [2.45, 2.75) is 13.5 Å². The van der Waals surface area contributed by atoms with Crippen molar-refractivity contribution in [3.63, 3.8) is 0 Å². The second-order valence-corrected chi connectivity index (χ2v) is 4.48. The number of aromatic nitrogens is 1. The highest BCUT2D eigenvalue weighted by Crippen LogP contribution is 2.16. The van der Waals surface area contributed by atoms with Gasteiger partial charge in [0.05, 0.1) is 4.88 Å². The molecule has 0 aliphatic rings. The standard InChI is InChI=1S/C12H11NO3S/c1-8-3-2-4-9(5-8)16-7-10-6-11(12(14)15)13-17-10/h2-6H,7H2,1H3,(H,14,15). The zero-order chi connectivity index (χ0) is 12.3. The molecule has 0 amide bonds. The van der Waals surface area contributed by atoms with Crippen molar-refractivity contribution in [2.75, 3.05) is 0 Å². The molecule has 2 aromatic rings. The molecule has 0 saturated carbocycles. The summed E-state index contributed by atoms with van der Waals surface area (Å²) in [5.41, 5.74) is 1.19. The molecule has 0 aliphatic carbocycles. The van der Waals surface area contributed by atoms with Crippen molar-refractivity contribution in [1.29, 1.82) is 0 Å². The second kappa shape index (κ2) is 4.97. The molecule has 17 heavy (non-hydrogen) atoms. The predicted octanol–water partition coefficient (Wildman–Crippen LogP) is 2.73. The highest BCUT2D eigenvalue weighted by molar-refractivity contribution is 7.05. The average molecular weight is 249 g/mol. The largest absolute Gasteiger partial charge is 0.488 e. The first-order chi connectivity index (χ1) is 8.15. The lowest BCUT2D eigenvalue weighted by Gasteiger charge is -2.04. The smallest absolute Gasteiger partial charge is 0.355 e. The number of hydrogen-bond acceptors (Lipinski definition) is 4. The molecule has 2 rings (SSSR count). The lowest BCUT2D eigenvalue weighted by molar-refractivity contribution is 0.0692. The van der Waals surface area contributed by atoms with Crippen LogP contribution in [0.15, 0.2) is 30.3 Å². The van der Waals surface area contributed by atoms with Crippen LogP contribution in [0, 0.1) is 6.92 Å². The first kappa shape index (κ1) is 11.6.